The van der Waals surface area contributed by atoms with E-state index < -0.39 is 0 Å². The maximum absolute atomic E-state index is 7.50. The minimum absolute atomic E-state index is 0.301. The molecule has 0 aliphatic rings. The number of hydrogen-bond donors (Lipinski definition) is 0. The normalized spacial score (nSPS) is 11.5. The minimum atomic E-state index is 0.301. The zero-order valence-corrected chi connectivity index (χ0v) is 9.51. The van der Waals surface area contributed by atoms with Crippen LogP contribution in [0.4, 0.5) is 0 Å². The molecule has 1 aromatic carbocycles. The van der Waals surface area contributed by atoms with Gasteiger partial charge in [0.05, 0.1) is 6.89 Å². The molecule has 2 nitrogen and oxygen atoms in total. The SMILES string of the molecule is [2H]c1ccc2cc(-c3ccnc(C)c3)ccc2n1. The van der Waals surface area contributed by atoms with Crippen molar-refractivity contribution in [2.45, 2.75) is 6.92 Å². The summed E-state index contributed by atoms with van der Waals surface area (Å²) in [6.07, 6.45) is 2.12. The van der Waals surface area contributed by atoms with Crippen molar-refractivity contribution in [1.29, 1.82) is 0 Å². The predicted octanol–water partition coefficient (Wildman–Crippen LogP) is 3.61. The Bertz CT molecular complexity index is 723. The van der Waals surface area contributed by atoms with Crippen LogP contribution in [-0.2, 0) is 0 Å². The molecule has 0 bridgehead atoms. The quantitative estimate of drug-likeness (QED) is 0.627. The number of aromatic nitrogens is 2. The van der Waals surface area contributed by atoms with Crippen LogP contribution in [0.1, 0.15) is 7.06 Å². The van der Waals surface area contributed by atoms with Crippen LogP contribution in [0.3, 0.4) is 0 Å². The maximum Gasteiger partial charge on any atom is 0.0840 e. The van der Waals surface area contributed by atoms with Crippen molar-refractivity contribution in [3.8, 4) is 11.1 Å². The van der Waals surface area contributed by atoms with E-state index >= 15 is 0 Å². The summed E-state index contributed by atoms with van der Waals surface area (Å²) < 4.78 is 7.50. The summed E-state index contributed by atoms with van der Waals surface area (Å²) in [7, 11) is 0. The van der Waals surface area contributed by atoms with Gasteiger partial charge in [-0.25, -0.2) is 0 Å². The van der Waals surface area contributed by atoms with Crippen LogP contribution >= 0.6 is 0 Å². The molecule has 0 saturated carbocycles. The molecule has 0 aliphatic carbocycles. The second-order valence-corrected chi connectivity index (χ2v) is 4.03. The molecule has 0 saturated heterocycles. The first-order valence-electron chi connectivity index (χ1n) is 6.03. The number of benzene rings is 1. The zero-order chi connectivity index (χ0) is 12.5. The van der Waals surface area contributed by atoms with Gasteiger partial charge < -0.3 is 0 Å². The van der Waals surface area contributed by atoms with Crippen molar-refractivity contribution in [2.24, 2.45) is 0 Å². The molecule has 0 aliphatic heterocycles. The van der Waals surface area contributed by atoms with Gasteiger partial charge in [-0.3, -0.25) is 9.97 Å². The van der Waals surface area contributed by atoms with Gasteiger partial charge in [-0.1, -0.05) is 12.1 Å². The highest BCUT2D eigenvalue weighted by Gasteiger charge is 2.00. The Morgan fingerprint density at radius 3 is 2.76 bits per heavy atom. The van der Waals surface area contributed by atoms with Gasteiger partial charge >= 0.3 is 0 Å². The fourth-order valence-electron chi connectivity index (χ4n) is 1.93. The average molecular weight is 221 g/mol. The molecule has 0 amide bonds. The van der Waals surface area contributed by atoms with Gasteiger partial charge in [0, 0.05) is 23.4 Å². The lowest BCUT2D eigenvalue weighted by Gasteiger charge is -2.04. The predicted molar refractivity (Wildman–Crippen MR) is 69.7 cm³/mol. The number of nitrogens with zero attached hydrogens (tertiary/aromatic N) is 2. The highest BCUT2D eigenvalue weighted by molar-refractivity contribution is 5.84. The van der Waals surface area contributed by atoms with Crippen LogP contribution in [0.5, 0.6) is 0 Å². The van der Waals surface area contributed by atoms with Crippen molar-refractivity contribution in [3.05, 3.63) is 60.5 Å². The van der Waals surface area contributed by atoms with E-state index in [2.05, 4.69) is 22.1 Å². The van der Waals surface area contributed by atoms with E-state index in [0.29, 0.717) is 6.17 Å². The van der Waals surface area contributed by atoms with Crippen LogP contribution in [0.2, 0.25) is 0 Å². The summed E-state index contributed by atoms with van der Waals surface area (Å²) in [6.45, 7) is 1.98. The smallest absolute Gasteiger partial charge is 0.0840 e. The van der Waals surface area contributed by atoms with Crippen LogP contribution < -0.4 is 0 Å². The number of pyridine rings is 2. The Hall–Kier alpha value is -2.22. The number of aryl methyl sites for hydroxylation is 1. The first-order valence-corrected chi connectivity index (χ1v) is 5.53. The molecule has 2 heteroatoms. The molecule has 82 valence electrons. The Morgan fingerprint density at radius 2 is 1.88 bits per heavy atom. The van der Waals surface area contributed by atoms with Crippen molar-refractivity contribution in [1.82, 2.24) is 9.97 Å². The molecule has 17 heavy (non-hydrogen) atoms. The molecule has 2 aromatic heterocycles. The number of hydrogen-bond acceptors (Lipinski definition) is 2. The zero-order valence-electron chi connectivity index (χ0n) is 10.5. The monoisotopic (exact) mass is 221 g/mol. The molecule has 0 unspecified atom stereocenters. The van der Waals surface area contributed by atoms with Crippen LogP contribution in [0.15, 0.2) is 54.8 Å². The van der Waals surface area contributed by atoms with Gasteiger partial charge in [-0.2, -0.15) is 0 Å². The lowest BCUT2D eigenvalue weighted by atomic mass is 10.0. The highest BCUT2D eigenvalue weighted by atomic mass is 14.7. The minimum Gasteiger partial charge on any atom is -0.262 e. The largest absolute Gasteiger partial charge is 0.262 e. The first kappa shape index (κ1) is 8.88. The van der Waals surface area contributed by atoms with Crippen molar-refractivity contribution in [2.75, 3.05) is 0 Å². The first-order chi connectivity index (χ1) is 8.72. The van der Waals surface area contributed by atoms with Gasteiger partial charge in [-0.05, 0) is 48.4 Å². The Kier molecular flexibility index (Phi) is 2.08. The van der Waals surface area contributed by atoms with Crippen LogP contribution in [0, 0.1) is 6.92 Å². The molecular weight excluding hydrogens is 208 g/mol. The molecule has 3 rings (SSSR count). The fourth-order valence-corrected chi connectivity index (χ4v) is 1.93. The van der Waals surface area contributed by atoms with Crippen molar-refractivity contribution in [3.63, 3.8) is 0 Å². The number of rotatable bonds is 1. The number of fused-ring (bicyclic) bond motifs is 1. The van der Waals surface area contributed by atoms with Gasteiger partial charge in [0.2, 0.25) is 0 Å². The Labute approximate surface area is 101 Å². The topological polar surface area (TPSA) is 25.8 Å². The molecular formula is C15H12N2. The van der Waals surface area contributed by atoms with Gasteiger partial charge in [0.25, 0.3) is 0 Å². The summed E-state index contributed by atoms with van der Waals surface area (Å²) >= 11 is 0. The second-order valence-electron chi connectivity index (χ2n) is 4.03. The summed E-state index contributed by atoms with van der Waals surface area (Å²) in [5.74, 6) is 0. The van der Waals surface area contributed by atoms with E-state index in [0.717, 1.165) is 27.7 Å². The lowest BCUT2D eigenvalue weighted by Crippen LogP contribution is -1.84. The van der Waals surface area contributed by atoms with E-state index in [1.54, 1.807) is 6.07 Å². The van der Waals surface area contributed by atoms with E-state index in [1.807, 2.05) is 37.4 Å². The summed E-state index contributed by atoms with van der Waals surface area (Å²) in [4.78, 5) is 8.38. The van der Waals surface area contributed by atoms with Gasteiger partial charge in [0.1, 0.15) is 0 Å². The fraction of sp³-hybridized carbons (Fsp3) is 0.0667. The third kappa shape index (κ3) is 1.89. The molecule has 2 heterocycles. The second kappa shape index (κ2) is 3.98. The summed E-state index contributed by atoms with van der Waals surface area (Å²) in [5, 5.41) is 1.05. The molecule has 0 fully saturated rings. The lowest BCUT2D eigenvalue weighted by molar-refractivity contribution is 1.20. The maximum atomic E-state index is 7.50. The molecule has 0 N–H and O–H groups in total. The highest BCUT2D eigenvalue weighted by Crippen LogP contribution is 2.23. The van der Waals surface area contributed by atoms with Crippen LogP contribution in [-0.4, -0.2) is 9.97 Å². The molecule has 0 atom stereocenters. The summed E-state index contributed by atoms with van der Waals surface area (Å²) in [5.41, 5.74) is 4.16. The Balaban J connectivity index is 2.16. The summed E-state index contributed by atoms with van der Waals surface area (Å²) in [6, 6.07) is 13.8. The van der Waals surface area contributed by atoms with E-state index in [-0.39, 0.29) is 0 Å². The standard InChI is InChI=1S/C15H12N2/c1-11-9-13(6-8-16-11)12-4-5-15-14(10-12)3-2-7-17-15/h2-10H,1H3/i7D. The van der Waals surface area contributed by atoms with Crippen molar-refractivity contribution >= 4 is 10.9 Å². The van der Waals surface area contributed by atoms with Crippen molar-refractivity contribution < 1.29 is 1.37 Å². The van der Waals surface area contributed by atoms with E-state index in [9.17, 15) is 0 Å². The Morgan fingerprint density at radius 1 is 1.00 bits per heavy atom. The van der Waals surface area contributed by atoms with E-state index in [1.165, 1.54) is 0 Å². The van der Waals surface area contributed by atoms with Crippen LogP contribution in [0.25, 0.3) is 22.0 Å². The molecule has 0 radical (unpaired) electrons. The van der Waals surface area contributed by atoms with Gasteiger partial charge in [-0.15, -0.1) is 0 Å². The van der Waals surface area contributed by atoms with Gasteiger partial charge in [0.15, 0.2) is 0 Å². The third-order valence-electron chi connectivity index (χ3n) is 2.78. The van der Waals surface area contributed by atoms with E-state index in [4.69, 9.17) is 1.37 Å². The average Bonchev–Trinajstić information content (AvgIpc) is 2.38. The molecule has 0 spiro atoms. The third-order valence-corrected chi connectivity index (χ3v) is 2.78. The molecule has 3 aromatic rings.